The van der Waals surface area contributed by atoms with Gasteiger partial charge in [-0.1, -0.05) is 55.7 Å². The largest absolute Gasteiger partial charge is 0.483 e. The summed E-state index contributed by atoms with van der Waals surface area (Å²) < 4.78 is 5.84. The van der Waals surface area contributed by atoms with Crippen molar-refractivity contribution in [3.8, 4) is 5.75 Å². The maximum absolute atomic E-state index is 12.6. The van der Waals surface area contributed by atoms with Crippen LogP contribution >= 0.6 is 0 Å². The van der Waals surface area contributed by atoms with Crippen LogP contribution in [0.4, 0.5) is 0 Å². The number of ether oxygens (including phenoxy) is 1. The van der Waals surface area contributed by atoms with E-state index >= 15 is 0 Å². The SMILES string of the molecule is O=C(COc1cccc2ccccc12)N1CCN(C(=O)CC2CCCCC2)CC1. The van der Waals surface area contributed by atoms with E-state index in [4.69, 9.17) is 4.74 Å². The van der Waals surface area contributed by atoms with Gasteiger partial charge in [-0.25, -0.2) is 0 Å². The molecule has 29 heavy (non-hydrogen) atoms. The third-order valence-corrected chi connectivity index (χ3v) is 6.27. The highest BCUT2D eigenvalue weighted by Crippen LogP contribution is 2.27. The Morgan fingerprint density at radius 2 is 1.48 bits per heavy atom. The molecule has 0 radical (unpaired) electrons. The summed E-state index contributed by atoms with van der Waals surface area (Å²) in [4.78, 5) is 28.9. The Bertz CT molecular complexity index is 847. The van der Waals surface area contributed by atoms with E-state index in [0.717, 1.165) is 16.5 Å². The molecule has 0 unspecified atom stereocenters. The zero-order valence-electron chi connectivity index (χ0n) is 17.0. The van der Waals surface area contributed by atoms with Gasteiger partial charge < -0.3 is 14.5 Å². The molecule has 154 valence electrons. The van der Waals surface area contributed by atoms with E-state index in [9.17, 15) is 9.59 Å². The highest BCUT2D eigenvalue weighted by Gasteiger charge is 2.26. The van der Waals surface area contributed by atoms with Crippen molar-refractivity contribution in [2.45, 2.75) is 38.5 Å². The molecule has 1 aliphatic heterocycles. The monoisotopic (exact) mass is 394 g/mol. The van der Waals surface area contributed by atoms with Crippen LogP contribution in [0.5, 0.6) is 5.75 Å². The number of carbonyl (C=O) groups is 2. The van der Waals surface area contributed by atoms with Gasteiger partial charge in [-0.15, -0.1) is 0 Å². The number of benzene rings is 2. The Balaban J connectivity index is 1.25. The predicted octanol–water partition coefficient (Wildman–Crippen LogP) is 3.86. The number of piperazine rings is 1. The van der Waals surface area contributed by atoms with Crippen LogP contribution in [0.2, 0.25) is 0 Å². The van der Waals surface area contributed by atoms with Gasteiger partial charge >= 0.3 is 0 Å². The van der Waals surface area contributed by atoms with Crippen molar-refractivity contribution in [1.29, 1.82) is 0 Å². The van der Waals surface area contributed by atoms with Crippen LogP contribution in [-0.4, -0.2) is 54.4 Å². The first-order valence-electron chi connectivity index (χ1n) is 10.9. The lowest BCUT2D eigenvalue weighted by Crippen LogP contribution is -2.51. The molecule has 1 saturated carbocycles. The molecule has 1 saturated heterocycles. The topological polar surface area (TPSA) is 49.9 Å². The Morgan fingerprint density at radius 1 is 0.828 bits per heavy atom. The van der Waals surface area contributed by atoms with E-state index in [1.165, 1.54) is 32.1 Å². The minimum Gasteiger partial charge on any atom is -0.483 e. The second kappa shape index (κ2) is 9.29. The Hall–Kier alpha value is -2.56. The van der Waals surface area contributed by atoms with Gasteiger partial charge in [-0.05, 0) is 30.2 Å². The first-order chi connectivity index (χ1) is 14.2. The second-order valence-corrected chi connectivity index (χ2v) is 8.24. The van der Waals surface area contributed by atoms with Crippen LogP contribution in [0.1, 0.15) is 38.5 Å². The van der Waals surface area contributed by atoms with E-state index in [0.29, 0.717) is 38.5 Å². The molecular weight excluding hydrogens is 364 g/mol. The van der Waals surface area contributed by atoms with E-state index in [-0.39, 0.29) is 18.4 Å². The molecule has 4 rings (SSSR count). The summed E-state index contributed by atoms with van der Waals surface area (Å²) in [6.07, 6.45) is 6.89. The van der Waals surface area contributed by atoms with Gasteiger partial charge in [-0.3, -0.25) is 9.59 Å². The summed E-state index contributed by atoms with van der Waals surface area (Å²) in [6, 6.07) is 13.9. The maximum atomic E-state index is 12.6. The summed E-state index contributed by atoms with van der Waals surface area (Å²) in [5.41, 5.74) is 0. The molecular formula is C24H30N2O3. The Labute approximate surface area is 172 Å². The first kappa shape index (κ1) is 19.7. The van der Waals surface area contributed by atoms with Gasteiger partial charge in [0.25, 0.3) is 5.91 Å². The maximum Gasteiger partial charge on any atom is 0.260 e. The van der Waals surface area contributed by atoms with Crippen LogP contribution in [0.15, 0.2) is 42.5 Å². The molecule has 2 aliphatic rings. The smallest absolute Gasteiger partial charge is 0.260 e. The van der Waals surface area contributed by atoms with E-state index in [1.54, 1.807) is 0 Å². The van der Waals surface area contributed by atoms with Crippen molar-refractivity contribution in [2.75, 3.05) is 32.8 Å². The van der Waals surface area contributed by atoms with Crippen molar-refractivity contribution >= 4 is 22.6 Å². The summed E-state index contributed by atoms with van der Waals surface area (Å²) in [6.45, 7) is 2.48. The van der Waals surface area contributed by atoms with Gasteiger partial charge in [0, 0.05) is 38.0 Å². The number of amides is 2. The van der Waals surface area contributed by atoms with E-state index < -0.39 is 0 Å². The molecule has 0 atom stereocenters. The van der Waals surface area contributed by atoms with Gasteiger partial charge in [-0.2, -0.15) is 0 Å². The second-order valence-electron chi connectivity index (χ2n) is 8.24. The number of nitrogens with zero attached hydrogens (tertiary/aromatic N) is 2. The number of hydrogen-bond acceptors (Lipinski definition) is 3. The zero-order chi connectivity index (χ0) is 20.1. The molecule has 2 amide bonds. The van der Waals surface area contributed by atoms with Crippen LogP contribution in [0.3, 0.4) is 0 Å². The van der Waals surface area contributed by atoms with Crippen molar-refractivity contribution in [1.82, 2.24) is 9.80 Å². The summed E-state index contributed by atoms with van der Waals surface area (Å²) in [5, 5.41) is 2.11. The van der Waals surface area contributed by atoms with Crippen LogP contribution < -0.4 is 4.74 Å². The van der Waals surface area contributed by atoms with Gasteiger partial charge in [0.2, 0.25) is 5.91 Å². The summed E-state index contributed by atoms with van der Waals surface area (Å²) in [7, 11) is 0. The predicted molar refractivity (Wildman–Crippen MR) is 114 cm³/mol. The number of fused-ring (bicyclic) bond motifs is 1. The minimum atomic E-state index is -0.0164. The van der Waals surface area contributed by atoms with Gasteiger partial charge in [0.05, 0.1) is 0 Å². The Kier molecular flexibility index (Phi) is 6.33. The fraction of sp³-hybridized carbons (Fsp3) is 0.500. The molecule has 1 aliphatic carbocycles. The molecule has 2 aromatic carbocycles. The van der Waals surface area contributed by atoms with Gasteiger partial charge in [0.1, 0.15) is 5.75 Å². The van der Waals surface area contributed by atoms with E-state index in [1.807, 2.05) is 52.3 Å². The molecule has 0 aromatic heterocycles. The fourth-order valence-electron chi connectivity index (χ4n) is 4.52. The quantitative estimate of drug-likeness (QED) is 0.774. The highest BCUT2D eigenvalue weighted by molar-refractivity contribution is 5.88. The van der Waals surface area contributed by atoms with Crippen molar-refractivity contribution < 1.29 is 14.3 Å². The number of hydrogen-bond donors (Lipinski definition) is 0. The van der Waals surface area contributed by atoms with Crippen LogP contribution in [0, 0.1) is 5.92 Å². The fourth-order valence-corrected chi connectivity index (χ4v) is 4.52. The molecule has 0 bridgehead atoms. The molecule has 0 N–H and O–H groups in total. The average molecular weight is 395 g/mol. The van der Waals surface area contributed by atoms with Crippen LogP contribution in [-0.2, 0) is 9.59 Å². The molecule has 5 heteroatoms. The first-order valence-corrected chi connectivity index (χ1v) is 10.9. The van der Waals surface area contributed by atoms with Gasteiger partial charge in [0.15, 0.2) is 6.61 Å². The highest BCUT2D eigenvalue weighted by atomic mass is 16.5. The Morgan fingerprint density at radius 3 is 2.24 bits per heavy atom. The third-order valence-electron chi connectivity index (χ3n) is 6.27. The average Bonchev–Trinajstić information content (AvgIpc) is 2.78. The van der Waals surface area contributed by atoms with Crippen molar-refractivity contribution in [2.24, 2.45) is 5.92 Å². The van der Waals surface area contributed by atoms with E-state index in [2.05, 4.69) is 0 Å². The van der Waals surface area contributed by atoms with Crippen molar-refractivity contribution in [3.63, 3.8) is 0 Å². The molecule has 0 spiro atoms. The number of carbonyl (C=O) groups excluding carboxylic acids is 2. The summed E-state index contributed by atoms with van der Waals surface area (Å²) >= 11 is 0. The third kappa shape index (κ3) is 4.89. The molecule has 2 aromatic rings. The van der Waals surface area contributed by atoms with Crippen LogP contribution in [0.25, 0.3) is 10.8 Å². The zero-order valence-corrected chi connectivity index (χ0v) is 17.0. The number of rotatable bonds is 5. The lowest BCUT2D eigenvalue weighted by atomic mass is 9.86. The minimum absolute atomic E-state index is 0.0164. The molecule has 5 nitrogen and oxygen atoms in total. The molecule has 2 fully saturated rings. The lowest BCUT2D eigenvalue weighted by molar-refractivity contribution is -0.141. The lowest BCUT2D eigenvalue weighted by Gasteiger charge is -2.35. The normalized spacial score (nSPS) is 18.1. The molecule has 1 heterocycles. The van der Waals surface area contributed by atoms with Crippen molar-refractivity contribution in [3.05, 3.63) is 42.5 Å². The standard InChI is InChI=1S/C24H30N2O3/c27-23(17-19-7-2-1-3-8-19)25-13-15-26(16-14-25)24(28)18-29-22-12-6-10-20-9-4-5-11-21(20)22/h4-6,9-12,19H,1-3,7-8,13-18H2. The summed E-state index contributed by atoms with van der Waals surface area (Å²) in [5.74, 6) is 1.54.